The zero-order chi connectivity index (χ0) is 14.6. The van der Waals surface area contributed by atoms with Crippen molar-refractivity contribution in [1.82, 2.24) is 0 Å². The lowest BCUT2D eigenvalue weighted by molar-refractivity contribution is -0.137. The second-order valence-corrected chi connectivity index (χ2v) is 4.78. The van der Waals surface area contributed by atoms with Crippen LogP contribution in [0.1, 0.15) is 26.7 Å². The average molecular weight is 314 g/mol. The van der Waals surface area contributed by atoms with Gasteiger partial charge in [-0.1, -0.05) is 48.7 Å². The van der Waals surface area contributed by atoms with E-state index in [1.54, 1.807) is 13.8 Å². The number of aliphatic hydroxyl groups excluding tert-OH is 1. The lowest BCUT2D eigenvalue weighted by Gasteiger charge is -2.10. The monoisotopic (exact) mass is 312 g/mol. The lowest BCUT2D eigenvalue weighted by atomic mass is 10.5. The Morgan fingerprint density at radius 2 is 1.12 bits per heavy atom. The van der Waals surface area contributed by atoms with Gasteiger partial charge < -0.3 is 20.4 Å². The highest BCUT2D eigenvalue weighted by atomic mass is 35.6. The maximum absolute atomic E-state index is 9.37. The normalized spacial score (nSPS) is 9.65. The van der Waals surface area contributed by atoms with Gasteiger partial charge >= 0.3 is 11.9 Å². The first-order valence-corrected chi connectivity index (χ1v) is 5.48. The Labute approximate surface area is 114 Å². The fourth-order valence-electron chi connectivity index (χ4n) is 0. The lowest BCUT2D eigenvalue weighted by Crippen LogP contribution is -2.23. The Morgan fingerprint density at radius 3 is 1.12 bits per heavy atom. The van der Waals surface area contributed by atoms with Crippen LogP contribution in [0.2, 0.25) is 0 Å². The van der Waals surface area contributed by atoms with Crippen LogP contribution in [0.25, 0.3) is 0 Å². The summed E-state index contributed by atoms with van der Waals surface area (Å²) < 4.78 is -1.97. The SMILES string of the molecule is CCC(=O)O.CCC(=O)O.OC(O)C(Cl)(Cl)Cl. The molecule has 0 fully saturated rings. The van der Waals surface area contributed by atoms with Gasteiger partial charge in [0.15, 0.2) is 6.29 Å². The van der Waals surface area contributed by atoms with Crippen molar-refractivity contribution in [2.45, 2.75) is 36.8 Å². The number of carboxylic acid groups (broad SMARTS) is 2. The van der Waals surface area contributed by atoms with Crippen molar-refractivity contribution >= 4 is 46.7 Å². The molecule has 0 saturated carbocycles. The summed E-state index contributed by atoms with van der Waals surface area (Å²) in [5.74, 6) is -1.49. The van der Waals surface area contributed by atoms with Gasteiger partial charge in [-0.2, -0.15) is 0 Å². The van der Waals surface area contributed by atoms with Crippen LogP contribution in [0.15, 0.2) is 0 Å². The molecule has 0 aromatic carbocycles. The Morgan fingerprint density at radius 1 is 1.00 bits per heavy atom. The summed E-state index contributed by atoms with van der Waals surface area (Å²) in [5.41, 5.74) is 0. The molecule has 0 aromatic heterocycles. The molecule has 0 saturated heterocycles. The highest BCUT2D eigenvalue weighted by Gasteiger charge is 2.28. The van der Waals surface area contributed by atoms with Crippen molar-refractivity contribution in [2.24, 2.45) is 0 Å². The molecule has 0 radical (unpaired) electrons. The smallest absolute Gasteiger partial charge is 0.303 e. The molecule has 0 aliphatic carbocycles. The summed E-state index contributed by atoms with van der Waals surface area (Å²) >= 11 is 14.7. The number of hydrogen-bond acceptors (Lipinski definition) is 4. The molecule has 0 aliphatic heterocycles. The summed E-state index contributed by atoms with van der Waals surface area (Å²) in [7, 11) is 0. The van der Waals surface area contributed by atoms with Gasteiger partial charge in [0, 0.05) is 12.8 Å². The maximum atomic E-state index is 9.37. The van der Waals surface area contributed by atoms with Crippen LogP contribution in [-0.4, -0.2) is 42.4 Å². The Hall–Kier alpha value is -0.270. The van der Waals surface area contributed by atoms with E-state index in [0.717, 1.165) is 0 Å². The second kappa shape index (κ2) is 12.2. The van der Waals surface area contributed by atoms with Crippen molar-refractivity contribution in [3.8, 4) is 0 Å². The third-order valence-electron chi connectivity index (χ3n) is 0.898. The number of carbonyl (C=O) groups is 2. The molecular formula is C8H15Cl3O6. The summed E-state index contributed by atoms with van der Waals surface area (Å²) in [4.78, 5) is 18.7. The third-order valence-corrected chi connectivity index (χ3v) is 1.48. The Kier molecular flexibility index (Phi) is 15.8. The molecule has 0 unspecified atom stereocenters. The summed E-state index contributed by atoms with van der Waals surface area (Å²) in [6, 6.07) is 0. The van der Waals surface area contributed by atoms with E-state index in [1.165, 1.54) is 0 Å². The van der Waals surface area contributed by atoms with E-state index < -0.39 is 22.0 Å². The number of rotatable bonds is 2. The Bertz CT molecular complexity index is 200. The molecule has 6 nitrogen and oxygen atoms in total. The van der Waals surface area contributed by atoms with Gasteiger partial charge in [-0.15, -0.1) is 0 Å². The quantitative estimate of drug-likeness (QED) is 0.455. The van der Waals surface area contributed by atoms with E-state index in [9.17, 15) is 9.59 Å². The van der Waals surface area contributed by atoms with Crippen LogP contribution in [-0.2, 0) is 9.59 Å². The number of aliphatic hydroxyl groups is 2. The number of aliphatic carboxylic acids is 2. The maximum Gasteiger partial charge on any atom is 0.303 e. The van der Waals surface area contributed by atoms with Crippen LogP contribution in [0.3, 0.4) is 0 Å². The van der Waals surface area contributed by atoms with Crippen LogP contribution >= 0.6 is 34.8 Å². The first-order chi connectivity index (χ1) is 7.48. The highest BCUT2D eigenvalue weighted by molar-refractivity contribution is 6.67. The van der Waals surface area contributed by atoms with Crippen molar-refractivity contribution in [2.75, 3.05) is 0 Å². The molecular weight excluding hydrogens is 298 g/mol. The van der Waals surface area contributed by atoms with E-state index in [0.29, 0.717) is 0 Å². The molecule has 104 valence electrons. The molecule has 0 rings (SSSR count). The fraction of sp³-hybridized carbons (Fsp3) is 0.750. The largest absolute Gasteiger partial charge is 0.481 e. The Balaban J connectivity index is -0.000000177. The average Bonchev–Trinajstić information content (AvgIpc) is 2.18. The molecule has 0 amide bonds. The van der Waals surface area contributed by atoms with E-state index in [1.807, 2.05) is 0 Å². The predicted molar refractivity (Wildman–Crippen MR) is 64.4 cm³/mol. The van der Waals surface area contributed by atoms with Crippen molar-refractivity contribution < 1.29 is 30.0 Å². The number of alkyl halides is 3. The molecule has 0 aliphatic rings. The minimum absolute atomic E-state index is 0.222. The van der Waals surface area contributed by atoms with Gasteiger partial charge in [0.25, 0.3) is 0 Å². The zero-order valence-electron chi connectivity index (χ0n) is 9.23. The minimum Gasteiger partial charge on any atom is -0.481 e. The topological polar surface area (TPSA) is 115 Å². The summed E-state index contributed by atoms with van der Waals surface area (Å²) in [5, 5.41) is 31.5. The van der Waals surface area contributed by atoms with E-state index in [2.05, 4.69) is 0 Å². The van der Waals surface area contributed by atoms with E-state index >= 15 is 0 Å². The molecule has 9 heteroatoms. The predicted octanol–water partition coefficient (Wildman–Crippen LogP) is 1.63. The van der Waals surface area contributed by atoms with Crippen LogP contribution in [0.4, 0.5) is 0 Å². The first-order valence-electron chi connectivity index (χ1n) is 4.35. The van der Waals surface area contributed by atoms with Crippen LogP contribution in [0.5, 0.6) is 0 Å². The standard InChI is InChI=1S/2C3H6O2.C2H3Cl3O2/c2*1-2-3(4)5;3-2(4,5)1(6)7/h2*2H2,1H3,(H,4,5);1,6-7H. The van der Waals surface area contributed by atoms with Crippen molar-refractivity contribution in [1.29, 1.82) is 0 Å². The summed E-state index contributed by atoms with van der Waals surface area (Å²) in [6.45, 7) is 3.20. The summed E-state index contributed by atoms with van der Waals surface area (Å²) in [6.07, 6.45) is -1.46. The number of hydrogen-bond donors (Lipinski definition) is 4. The van der Waals surface area contributed by atoms with Gasteiger partial charge in [0.05, 0.1) is 0 Å². The molecule has 0 aromatic rings. The van der Waals surface area contributed by atoms with Crippen LogP contribution < -0.4 is 0 Å². The second-order valence-electron chi connectivity index (χ2n) is 2.41. The zero-order valence-corrected chi connectivity index (χ0v) is 11.5. The molecule has 0 spiro atoms. The molecule has 0 bridgehead atoms. The van der Waals surface area contributed by atoms with Gasteiger partial charge in [-0.3, -0.25) is 9.59 Å². The van der Waals surface area contributed by atoms with E-state index in [-0.39, 0.29) is 12.8 Å². The first kappa shape index (κ1) is 22.0. The molecule has 0 atom stereocenters. The van der Waals surface area contributed by atoms with Gasteiger partial charge in [0.1, 0.15) is 0 Å². The van der Waals surface area contributed by atoms with Gasteiger partial charge in [0.2, 0.25) is 3.79 Å². The van der Waals surface area contributed by atoms with E-state index in [4.69, 9.17) is 55.2 Å². The molecule has 17 heavy (non-hydrogen) atoms. The van der Waals surface area contributed by atoms with Crippen molar-refractivity contribution in [3.05, 3.63) is 0 Å². The minimum atomic E-state index is -1.97. The molecule has 4 N–H and O–H groups in total. The van der Waals surface area contributed by atoms with Crippen molar-refractivity contribution in [3.63, 3.8) is 0 Å². The number of halogens is 3. The molecule has 0 heterocycles. The fourth-order valence-corrected chi connectivity index (χ4v) is 0. The van der Waals surface area contributed by atoms with Gasteiger partial charge in [-0.25, -0.2) is 0 Å². The third kappa shape index (κ3) is 31.3. The highest BCUT2D eigenvalue weighted by Crippen LogP contribution is 2.28. The van der Waals surface area contributed by atoms with Gasteiger partial charge in [-0.05, 0) is 0 Å². The number of carboxylic acids is 2. The van der Waals surface area contributed by atoms with Crippen LogP contribution in [0, 0.1) is 0 Å².